The molecule has 0 saturated heterocycles. The van der Waals surface area contributed by atoms with Crippen molar-refractivity contribution in [1.29, 1.82) is 0 Å². The molecule has 0 aliphatic heterocycles. The van der Waals surface area contributed by atoms with Crippen LogP contribution in [0.3, 0.4) is 0 Å². The van der Waals surface area contributed by atoms with Gasteiger partial charge in [0, 0.05) is 11.7 Å². The fraction of sp³-hybridized carbons (Fsp3) is 0.250. The first-order valence-corrected chi connectivity index (χ1v) is 8.55. The highest BCUT2D eigenvalue weighted by Crippen LogP contribution is 2.20. The van der Waals surface area contributed by atoms with Crippen LogP contribution in [0.2, 0.25) is 0 Å². The molecule has 2 aromatic carbocycles. The molecule has 0 saturated carbocycles. The van der Waals surface area contributed by atoms with E-state index >= 15 is 0 Å². The number of benzene rings is 2. The second kappa shape index (κ2) is 7.93. The maximum atomic E-state index is 12.3. The highest BCUT2D eigenvalue weighted by molar-refractivity contribution is 5.92. The first kappa shape index (κ1) is 17.8. The molecule has 1 N–H and O–H groups in total. The highest BCUT2D eigenvalue weighted by atomic mass is 16.2. The predicted molar refractivity (Wildman–Crippen MR) is 102 cm³/mol. The number of para-hydroxylation sites is 1. The van der Waals surface area contributed by atoms with Crippen LogP contribution < -0.4 is 5.32 Å². The minimum atomic E-state index is -0.0205. The zero-order valence-electron chi connectivity index (χ0n) is 15.3. The van der Waals surface area contributed by atoms with Gasteiger partial charge >= 0.3 is 0 Å². The van der Waals surface area contributed by atoms with Crippen molar-refractivity contribution >= 4 is 11.6 Å². The van der Waals surface area contributed by atoms with Crippen LogP contribution in [0, 0.1) is 6.92 Å². The Hall–Kier alpha value is -2.99. The van der Waals surface area contributed by atoms with Crippen LogP contribution in [0.4, 0.5) is 5.69 Å². The van der Waals surface area contributed by atoms with Gasteiger partial charge in [0.2, 0.25) is 5.91 Å². The number of likely N-dealkylation sites (N-methyl/N-ethyl adjacent to an activating group) is 1. The molecule has 1 heterocycles. The van der Waals surface area contributed by atoms with Crippen molar-refractivity contribution < 1.29 is 4.79 Å². The summed E-state index contributed by atoms with van der Waals surface area (Å²) in [7, 11) is 1.95. The van der Waals surface area contributed by atoms with E-state index in [1.165, 1.54) is 6.33 Å². The first-order valence-electron chi connectivity index (χ1n) is 8.55. The Labute approximate surface area is 153 Å². The normalized spacial score (nSPS) is 12.2. The molecule has 0 bridgehead atoms. The van der Waals surface area contributed by atoms with E-state index in [1.807, 2.05) is 55.3 Å². The van der Waals surface area contributed by atoms with Crippen molar-refractivity contribution in [2.45, 2.75) is 19.9 Å². The van der Waals surface area contributed by atoms with Crippen LogP contribution in [-0.4, -0.2) is 39.2 Å². The van der Waals surface area contributed by atoms with E-state index in [9.17, 15) is 4.79 Å². The molecule has 3 rings (SSSR count). The summed E-state index contributed by atoms with van der Waals surface area (Å²) in [5.74, 6) is -0.0205. The number of nitrogens with zero attached hydrogens (tertiary/aromatic N) is 4. The van der Waals surface area contributed by atoms with Crippen LogP contribution in [0.15, 0.2) is 61.2 Å². The van der Waals surface area contributed by atoms with Crippen LogP contribution in [0.25, 0.3) is 5.69 Å². The summed E-state index contributed by atoms with van der Waals surface area (Å²) in [4.78, 5) is 18.3. The Bertz CT molecular complexity index is 858. The number of hydrogen-bond donors (Lipinski definition) is 1. The van der Waals surface area contributed by atoms with Crippen molar-refractivity contribution in [3.05, 3.63) is 72.3 Å². The molecule has 0 spiro atoms. The Balaban J connectivity index is 1.61. The number of anilines is 1. The zero-order valence-corrected chi connectivity index (χ0v) is 15.3. The van der Waals surface area contributed by atoms with Crippen LogP contribution >= 0.6 is 0 Å². The van der Waals surface area contributed by atoms with Gasteiger partial charge in [-0.3, -0.25) is 9.69 Å². The molecule has 6 heteroatoms. The molecule has 6 nitrogen and oxygen atoms in total. The number of aromatic nitrogens is 3. The lowest BCUT2D eigenvalue weighted by Crippen LogP contribution is -2.32. The Morgan fingerprint density at radius 3 is 2.58 bits per heavy atom. The van der Waals surface area contributed by atoms with Gasteiger partial charge in [-0.25, -0.2) is 9.67 Å². The van der Waals surface area contributed by atoms with Gasteiger partial charge in [0.15, 0.2) is 0 Å². The Morgan fingerprint density at radius 2 is 1.92 bits per heavy atom. The maximum absolute atomic E-state index is 12.3. The lowest BCUT2D eigenvalue weighted by molar-refractivity contribution is -0.117. The summed E-state index contributed by atoms with van der Waals surface area (Å²) in [6, 6.07) is 16.0. The lowest BCUT2D eigenvalue weighted by atomic mass is 10.1. The third kappa shape index (κ3) is 4.15. The number of nitrogens with one attached hydrogen (secondary N) is 1. The maximum Gasteiger partial charge on any atom is 0.238 e. The van der Waals surface area contributed by atoms with Crippen molar-refractivity contribution in [3.63, 3.8) is 0 Å². The Kier molecular flexibility index (Phi) is 5.43. The van der Waals surface area contributed by atoms with Gasteiger partial charge in [0.25, 0.3) is 0 Å². The third-order valence-corrected chi connectivity index (χ3v) is 4.53. The standard InChI is InChI=1S/C20H23N5O/c1-15-6-4-5-7-19(15)23-20(26)12-24(3)16(2)17-8-10-18(11-9-17)25-14-21-13-22-25/h4-11,13-14,16H,12H2,1-3H3,(H,23,26)/t16-/m1/s1. The average Bonchev–Trinajstić information content (AvgIpc) is 3.18. The van der Waals surface area contributed by atoms with Gasteiger partial charge in [-0.15, -0.1) is 0 Å². The molecule has 134 valence electrons. The molecule has 1 aromatic heterocycles. The molecular formula is C20H23N5O. The summed E-state index contributed by atoms with van der Waals surface area (Å²) < 4.78 is 1.72. The van der Waals surface area contributed by atoms with Gasteiger partial charge in [0.1, 0.15) is 12.7 Å². The second-order valence-corrected chi connectivity index (χ2v) is 6.39. The summed E-state index contributed by atoms with van der Waals surface area (Å²) >= 11 is 0. The van der Waals surface area contributed by atoms with Gasteiger partial charge in [-0.05, 0) is 50.2 Å². The fourth-order valence-electron chi connectivity index (χ4n) is 2.77. The highest BCUT2D eigenvalue weighted by Gasteiger charge is 2.15. The number of hydrogen-bond acceptors (Lipinski definition) is 4. The van der Waals surface area contributed by atoms with E-state index in [-0.39, 0.29) is 11.9 Å². The number of rotatable bonds is 6. The number of carbonyl (C=O) groups is 1. The largest absolute Gasteiger partial charge is 0.325 e. The predicted octanol–water partition coefficient (Wildman–Crippen LogP) is 3.21. The molecule has 0 unspecified atom stereocenters. The van der Waals surface area contributed by atoms with Crippen LogP contribution in [-0.2, 0) is 4.79 Å². The molecule has 1 amide bonds. The zero-order chi connectivity index (χ0) is 18.5. The second-order valence-electron chi connectivity index (χ2n) is 6.39. The summed E-state index contributed by atoms with van der Waals surface area (Å²) in [5, 5.41) is 7.10. The molecule has 0 radical (unpaired) electrons. The third-order valence-electron chi connectivity index (χ3n) is 4.53. The minimum Gasteiger partial charge on any atom is -0.325 e. The monoisotopic (exact) mass is 349 g/mol. The summed E-state index contributed by atoms with van der Waals surface area (Å²) in [6.07, 6.45) is 3.18. The topological polar surface area (TPSA) is 63.1 Å². The van der Waals surface area contributed by atoms with Crippen LogP contribution in [0.1, 0.15) is 24.1 Å². The summed E-state index contributed by atoms with van der Waals surface area (Å²) in [5.41, 5.74) is 4.01. The van der Waals surface area contributed by atoms with E-state index in [0.717, 1.165) is 22.5 Å². The SMILES string of the molecule is Cc1ccccc1NC(=O)CN(C)[C@H](C)c1ccc(-n2cncn2)cc1. The molecule has 26 heavy (non-hydrogen) atoms. The van der Waals surface area contributed by atoms with E-state index in [2.05, 4.69) is 34.5 Å². The first-order chi connectivity index (χ1) is 12.5. The van der Waals surface area contributed by atoms with Crippen molar-refractivity contribution in [1.82, 2.24) is 19.7 Å². The van der Waals surface area contributed by atoms with E-state index in [0.29, 0.717) is 6.54 Å². The van der Waals surface area contributed by atoms with Gasteiger partial charge in [-0.2, -0.15) is 5.10 Å². The van der Waals surface area contributed by atoms with E-state index < -0.39 is 0 Å². The molecular weight excluding hydrogens is 326 g/mol. The average molecular weight is 349 g/mol. The van der Waals surface area contributed by atoms with Gasteiger partial charge < -0.3 is 5.32 Å². The Morgan fingerprint density at radius 1 is 1.19 bits per heavy atom. The minimum absolute atomic E-state index is 0.0205. The number of amides is 1. The molecule has 3 aromatic rings. The molecule has 0 aliphatic carbocycles. The smallest absolute Gasteiger partial charge is 0.238 e. The van der Waals surface area contributed by atoms with Crippen LogP contribution in [0.5, 0.6) is 0 Å². The quantitative estimate of drug-likeness (QED) is 0.742. The number of aryl methyl sites for hydroxylation is 1. The molecule has 0 aliphatic rings. The van der Waals surface area contributed by atoms with Crippen molar-refractivity contribution in [2.24, 2.45) is 0 Å². The lowest BCUT2D eigenvalue weighted by Gasteiger charge is -2.24. The van der Waals surface area contributed by atoms with E-state index in [4.69, 9.17) is 0 Å². The molecule has 1 atom stereocenters. The molecule has 0 fully saturated rings. The van der Waals surface area contributed by atoms with Gasteiger partial charge in [0.05, 0.1) is 12.2 Å². The summed E-state index contributed by atoms with van der Waals surface area (Å²) in [6.45, 7) is 4.39. The fourth-order valence-corrected chi connectivity index (χ4v) is 2.77. The van der Waals surface area contributed by atoms with E-state index in [1.54, 1.807) is 11.0 Å². The number of carbonyl (C=O) groups excluding carboxylic acids is 1. The van der Waals surface area contributed by atoms with Gasteiger partial charge in [-0.1, -0.05) is 30.3 Å². The van der Waals surface area contributed by atoms with Crippen molar-refractivity contribution in [2.75, 3.05) is 18.9 Å². The van der Waals surface area contributed by atoms with Crippen molar-refractivity contribution in [3.8, 4) is 5.69 Å².